The highest BCUT2D eigenvalue weighted by Crippen LogP contribution is 2.40. The molecule has 0 aliphatic carbocycles. The van der Waals surface area contributed by atoms with Gasteiger partial charge in [0, 0.05) is 19.2 Å². The molecule has 40 heavy (non-hydrogen) atoms. The van der Waals surface area contributed by atoms with Crippen molar-refractivity contribution in [1.82, 2.24) is 4.90 Å². The van der Waals surface area contributed by atoms with Gasteiger partial charge in [0.15, 0.2) is 0 Å². The van der Waals surface area contributed by atoms with Crippen molar-refractivity contribution in [3.63, 3.8) is 0 Å². The van der Waals surface area contributed by atoms with Gasteiger partial charge in [-0.3, -0.25) is 0 Å². The third-order valence-corrected chi connectivity index (χ3v) is 9.40. The number of piperidine rings is 1. The van der Waals surface area contributed by atoms with E-state index in [0.717, 1.165) is 17.9 Å². The van der Waals surface area contributed by atoms with Crippen molar-refractivity contribution in [2.24, 2.45) is 0 Å². The van der Waals surface area contributed by atoms with Gasteiger partial charge < -0.3 is 24.8 Å². The van der Waals surface area contributed by atoms with Gasteiger partial charge >= 0.3 is 6.18 Å². The normalized spacial score (nSPS) is 18.3. The van der Waals surface area contributed by atoms with Crippen molar-refractivity contribution >= 4 is 45.2 Å². The molecule has 4 rings (SSSR count). The van der Waals surface area contributed by atoms with E-state index in [2.05, 4.69) is 22.5 Å². The Morgan fingerprint density at radius 1 is 1.23 bits per heavy atom. The number of hydrogen-bond acceptors (Lipinski definition) is 6. The third kappa shape index (κ3) is 7.09. The molecular weight excluding hydrogens is 568 g/mol. The maximum absolute atomic E-state index is 14.7. The van der Waals surface area contributed by atoms with E-state index in [0.29, 0.717) is 22.2 Å². The molecule has 1 aliphatic heterocycles. The maximum Gasteiger partial charge on any atom is 0.393 e. The van der Waals surface area contributed by atoms with Gasteiger partial charge in [0.2, 0.25) is 0 Å². The van der Waals surface area contributed by atoms with Gasteiger partial charge in [0.25, 0.3) is 0 Å². The number of likely N-dealkylation sites (tertiary alicyclic amines) is 1. The second-order valence-corrected chi connectivity index (χ2v) is 14.4. The minimum atomic E-state index is -4.45. The topological polar surface area (TPSA) is 53.6 Å². The van der Waals surface area contributed by atoms with E-state index in [-0.39, 0.29) is 40.3 Å². The van der Waals surface area contributed by atoms with Crippen molar-refractivity contribution in [3.05, 3.63) is 46.6 Å². The summed E-state index contributed by atoms with van der Waals surface area (Å²) in [6, 6.07) is 7.14. The predicted molar refractivity (Wildman–Crippen MR) is 153 cm³/mol. The lowest BCUT2D eigenvalue weighted by Crippen LogP contribution is -2.46. The number of anilines is 2. The Morgan fingerprint density at radius 2 is 1.98 bits per heavy atom. The van der Waals surface area contributed by atoms with Crippen LogP contribution < -0.4 is 20.7 Å². The third-order valence-electron chi connectivity index (χ3n) is 6.70. The van der Waals surface area contributed by atoms with Crippen LogP contribution in [-0.4, -0.2) is 70.4 Å². The van der Waals surface area contributed by atoms with Crippen molar-refractivity contribution in [1.29, 1.82) is 0 Å². The number of methoxy groups -OCH3 is 1. The molecule has 12 heteroatoms. The summed E-state index contributed by atoms with van der Waals surface area (Å²) in [5.74, 6) is 5.30. The number of nitrogens with zero attached hydrogens (tertiary/aromatic N) is 1. The lowest BCUT2D eigenvalue weighted by Gasteiger charge is -2.33. The molecule has 1 aromatic heterocycles. The molecule has 2 N–H and O–H groups in total. The van der Waals surface area contributed by atoms with Crippen LogP contribution in [0.2, 0.25) is 0 Å². The van der Waals surface area contributed by atoms with Crippen molar-refractivity contribution in [2.45, 2.75) is 31.2 Å². The van der Waals surface area contributed by atoms with Crippen LogP contribution in [-0.2, 0) is 11.0 Å². The summed E-state index contributed by atoms with van der Waals surface area (Å²) < 4.78 is 88.1. The van der Waals surface area contributed by atoms with Crippen molar-refractivity contribution < 1.29 is 31.3 Å². The summed E-state index contributed by atoms with van der Waals surface area (Å²) in [5, 5.41) is 6.63. The minimum absolute atomic E-state index is 0.00497. The number of rotatable bonds is 7. The Bertz CT molecular complexity index is 1490. The van der Waals surface area contributed by atoms with E-state index in [1.165, 1.54) is 32.6 Å². The molecule has 1 aliphatic rings. The molecule has 1 fully saturated rings. The van der Waals surface area contributed by atoms with E-state index >= 15 is 0 Å². The van der Waals surface area contributed by atoms with Crippen LogP contribution >= 0.6 is 18.5 Å². The quantitative estimate of drug-likeness (QED) is 0.189. The monoisotopic (exact) mass is 599 g/mol. The largest absolute Gasteiger partial charge is 0.495 e. The van der Waals surface area contributed by atoms with Gasteiger partial charge in [0.05, 0.1) is 52.4 Å². The Kier molecular flexibility index (Phi) is 9.03. The number of ether oxygens (including phenoxy) is 1. The average Bonchev–Trinajstić information content (AvgIpc) is 3.19. The smallest absolute Gasteiger partial charge is 0.393 e. The number of halogens is 5. The Morgan fingerprint density at radius 3 is 2.62 bits per heavy atom. The molecule has 2 heterocycles. The van der Waals surface area contributed by atoms with E-state index in [9.17, 15) is 26.5 Å². The lowest BCUT2D eigenvalue weighted by molar-refractivity contribution is -0.126. The van der Waals surface area contributed by atoms with Gasteiger partial charge in [0.1, 0.15) is 24.9 Å². The standard InChI is InChI=1S/C28H31F5N3O2PS/c1-36-12-10-21(20(30)16-36)35-22-8-5-7-17-18(15-28(31,32)33)26(40-27(17)22)9-6-11-34-23-13-19(29)25(39(3,4)37)14-24(23)38-2/h5,7-8,13-14,20-21,34-35H,10-12,15-16H2,1-4H3. The zero-order valence-electron chi connectivity index (χ0n) is 22.6. The zero-order chi connectivity index (χ0) is 29.2. The molecule has 2 atom stereocenters. The van der Waals surface area contributed by atoms with Crippen LogP contribution in [0.3, 0.4) is 0 Å². The summed E-state index contributed by atoms with van der Waals surface area (Å²) in [4.78, 5) is 2.16. The number of alkyl halides is 4. The van der Waals surface area contributed by atoms with Crippen LogP contribution in [0, 0.1) is 17.7 Å². The van der Waals surface area contributed by atoms with Gasteiger partial charge in [-0.2, -0.15) is 13.2 Å². The molecule has 0 saturated carbocycles. The van der Waals surface area contributed by atoms with Gasteiger partial charge in [-0.25, -0.2) is 8.78 Å². The Hall–Kier alpha value is -2.80. The fourth-order valence-electron chi connectivity index (χ4n) is 4.71. The molecule has 2 aromatic carbocycles. The van der Waals surface area contributed by atoms with Crippen LogP contribution in [0.15, 0.2) is 30.3 Å². The van der Waals surface area contributed by atoms with Crippen molar-refractivity contribution in [2.75, 3.05) is 57.8 Å². The first-order valence-corrected chi connectivity index (χ1v) is 16.0. The molecule has 1 saturated heterocycles. The summed E-state index contributed by atoms with van der Waals surface area (Å²) in [5.41, 5.74) is 0.931. The van der Waals surface area contributed by atoms with Gasteiger partial charge in [-0.15, -0.1) is 11.3 Å². The summed E-state index contributed by atoms with van der Waals surface area (Å²) in [6.07, 6.45) is -6.13. The first kappa shape index (κ1) is 30.2. The van der Waals surface area contributed by atoms with E-state index in [1.54, 1.807) is 18.2 Å². The molecule has 216 valence electrons. The molecule has 2 unspecified atom stereocenters. The van der Waals surface area contributed by atoms with Gasteiger partial charge in [-0.05, 0) is 49.9 Å². The second-order valence-electron chi connectivity index (χ2n) is 10.2. The van der Waals surface area contributed by atoms with E-state index in [4.69, 9.17) is 4.74 Å². The van der Waals surface area contributed by atoms with Crippen LogP contribution in [0.25, 0.3) is 10.1 Å². The second kappa shape index (κ2) is 12.0. The van der Waals surface area contributed by atoms with E-state index in [1.807, 2.05) is 11.9 Å². The number of thiophene rings is 1. The zero-order valence-corrected chi connectivity index (χ0v) is 24.3. The lowest BCUT2D eigenvalue weighted by atomic mass is 10.0. The molecular formula is C28H31F5N3O2PS. The molecule has 5 nitrogen and oxygen atoms in total. The van der Waals surface area contributed by atoms with Crippen LogP contribution in [0.5, 0.6) is 5.75 Å². The number of hydrogen-bond donors (Lipinski definition) is 2. The highest BCUT2D eigenvalue weighted by molar-refractivity contribution is 7.70. The SMILES string of the molecule is COc1cc(P(C)(C)=O)c(F)cc1NCC#Cc1sc2c(NC3CCN(C)CC3F)cccc2c1CC(F)(F)F. The molecule has 0 bridgehead atoms. The fraction of sp³-hybridized carbons (Fsp3) is 0.429. The average molecular weight is 600 g/mol. The summed E-state index contributed by atoms with van der Waals surface area (Å²) in [6.45, 7) is 3.91. The first-order chi connectivity index (χ1) is 18.8. The van der Waals surface area contributed by atoms with Crippen LogP contribution in [0.1, 0.15) is 16.9 Å². The van der Waals surface area contributed by atoms with Crippen molar-refractivity contribution in [3.8, 4) is 17.6 Å². The molecule has 0 radical (unpaired) electrons. The number of fused-ring (bicyclic) bond motifs is 1. The maximum atomic E-state index is 14.7. The predicted octanol–water partition coefficient (Wildman–Crippen LogP) is 6.32. The fourth-order valence-corrected chi connectivity index (χ4v) is 6.88. The van der Waals surface area contributed by atoms with E-state index < -0.39 is 37.8 Å². The highest BCUT2D eigenvalue weighted by Gasteiger charge is 2.32. The molecule has 3 aromatic rings. The number of nitrogens with one attached hydrogen (secondary N) is 2. The summed E-state index contributed by atoms with van der Waals surface area (Å²) in [7, 11) is 0.369. The van der Waals surface area contributed by atoms with Gasteiger partial charge in [-0.1, -0.05) is 24.0 Å². The Balaban J connectivity index is 1.62. The molecule has 0 spiro atoms. The van der Waals surface area contributed by atoms with Crippen LogP contribution in [0.4, 0.5) is 33.3 Å². The first-order valence-electron chi connectivity index (χ1n) is 12.6. The summed E-state index contributed by atoms with van der Waals surface area (Å²) >= 11 is 1.13. The Labute approximate surface area is 234 Å². The molecule has 0 amide bonds. The number of benzene rings is 2. The highest BCUT2D eigenvalue weighted by atomic mass is 32.1. The minimum Gasteiger partial charge on any atom is -0.495 e.